The number of methoxy groups -OCH3 is 1. The number of aliphatic carboxylic acids is 1. The smallest absolute Gasteiger partial charge is 0.304 e. The summed E-state index contributed by atoms with van der Waals surface area (Å²) in [7, 11) is 1.59. The summed E-state index contributed by atoms with van der Waals surface area (Å²) in [5, 5.41) is 22.0. The maximum Gasteiger partial charge on any atom is 0.304 e. The SMILES string of the molecule is COCC(CC(=O)O)c1ccc(N2CCC(c3ccccc3)CC2)c(Nc2ccc(C#N)cc2)c1. The molecular formula is C29H31N3O3. The molecule has 4 rings (SSSR count). The van der Waals surface area contributed by atoms with E-state index in [1.54, 1.807) is 19.2 Å². The Morgan fingerprint density at radius 3 is 2.46 bits per heavy atom. The molecule has 180 valence electrons. The number of nitriles is 1. The molecule has 1 unspecified atom stereocenters. The second kappa shape index (κ2) is 11.5. The number of nitrogens with zero attached hydrogens (tertiary/aromatic N) is 2. The van der Waals surface area contributed by atoms with Gasteiger partial charge in [-0.25, -0.2) is 0 Å². The van der Waals surface area contributed by atoms with E-state index >= 15 is 0 Å². The van der Waals surface area contributed by atoms with Crippen molar-refractivity contribution in [2.45, 2.75) is 31.1 Å². The summed E-state index contributed by atoms with van der Waals surface area (Å²) in [6.07, 6.45) is 2.16. The van der Waals surface area contributed by atoms with E-state index in [1.165, 1.54) is 5.56 Å². The Kier molecular flexibility index (Phi) is 8.02. The molecule has 6 nitrogen and oxygen atoms in total. The number of carboxylic acid groups (broad SMARTS) is 1. The number of nitrogens with one attached hydrogen (secondary N) is 1. The van der Waals surface area contributed by atoms with Crippen molar-refractivity contribution in [3.63, 3.8) is 0 Å². The van der Waals surface area contributed by atoms with Crippen molar-refractivity contribution in [3.05, 3.63) is 89.5 Å². The summed E-state index contributed by atoms with van der Waals surface area (Å²) in [6.45, 7) is 2.22. The van der Waals surface area contributed by atoms with Gasteiger partial charge in [0, 0.05) is 31.8 Å². The summed E-state index contributed by atoms with van der Waals surface area (Å²) in [6, 6.07) is 26.4. The van der Waals surface area contributed by atoms with Crippen molar-refractivity contribution in [1.82, 2.24) is 0 Å². The third kappa shape index (κ3) is 6.20. The molecule has 0 spiro atoms. The molecule has 3 aromatic rings. The van der Waals surface area contributed by atoms with Crippen LogP contribution in [0.2, 0.25) is 0 Å². The molecule has 1 saturated heterocycles. The molecule has 6 heteroatoms. The van der Waals surface area contributed by atoms with Crippen LogP contribution in [0.4, 0.5) is 17.1 Å². The summed E-state index contributed by atoms with van der Waals surface area (Å²) in [5.74, 6) is -0.527. The van der Waals surface area contributed by atoms with Crippen LogP contribution in [0.5, 0.6) is 0 Å². The van der Waals surface area contributed by atoms with Crippen molar-refractivity contribution in [3.8, 4) is 6.07 Å². The van der Waals surface area contributed by atoms with E-state index in [-0.39, 0.29) is 12.3 Å². The fourth-order valence-electron chi connectivity index (χ4n) is 4.83. The van der Waals surface area contributed by atoms with Crippen molar-refractivity contribution in [2.24, 2.45) is 0 Å². The van der Waals surface area contributed by atoms with E-state index in [1.807, 2.05) is 24.3 Å². The van der Waals surface area contributed by atoms with Crippen molar-refractivity contribution < 1.29 is 14.6 Å². The van der Waals surface area contributed by atoms with Gasteiger partial charge in [-0.1, -0.05) is 36.4 Å². The van der Waals surface area contributed by atoms with Crippen molar-refractivity contribution in [1.29, 1.82) is 5.26 Å². The van der Waals surface area contributed by atoms with Gasteiger partial charge in [0.05, 0.1) is 36.0 Å². The highest BCUT2D eigenvalue weighted by atomic mass is 16.5. The first-order valence-corrected chi connectivity index (χ1v) is 12.0. The Labute approximate surface area is 206 Å². The lowest BCUT2D eigenvalue weighted by molar-refractivity contribution is -0.137. The van der Waals surface area contributed by atoms with Crippen LogP contribution in [-0.2, 0) is 9.53 Å². The molecule has 2 N–H and O–H groups in total. The number of benzene rings is 3. The maximum absolute atomic E-state index is 11.5. The Morgan fingerprint density at radius 1 is 1.11 bits per heavy atom. The zero-order valence-corrected chi connectivity index (χ0v) is 20.0. The summed E-state index contributed by atoms with van der Waals surface area (Å²) in [4.78, 5) is 13.9. The van der Waals surface area contributed by atoms with E-state index < -0.39 is 5.97 Å². The number of hydrogen-bond donors (Lipinski definition) is 2. The highest BCUT2D eigenvalue weighted by molar-refractivity contribution is 5.77. The van der Waals surface area contributed by atoms with E-state index in [4.69, 9.17) is 10.00 Å². The average Bonchev–Trinajstić information content (AvgIpc) is 2.89. The number of piperidine rings is 1. The molecule has 0 aromatic heterocycles. The van der Waals surface area contributed by atoms with E-state index in [0.29, 0.717) is 18.1 Å². The number of carbonyl (C=O) groups is 1. The monoisotopic (exact) mass is 469 g/mol. The first-order chi connectivity index (χ1) is 17.1. The standard InChI is InChI=1S/C29H31N3O3/c1-35-20-25(18-29(33)34)24-9-12-28(27(17-24)31-26-10-7-21(19-30)8-11-26)32-15-13-23(14-16-32)22-5-3-2-4-6-22/h2-12,17,23,25,31H,13-16,18,20H2,1H3,(H,33,34). The van der Waals surface area contributed by atoms with Crippen LogP contribution in [0, 0.1) is 11.3 Å². The zero-order chi connectivity index (χ0) is 24.6. The predicted octanol–water partition coefficient (Wildman–Crippen LogP) is 5.89. The van der Waals surface area contributed by atoms with Gasteiger partial charge in [0.1, 0.15) is 0 Å². The highest BCUT2D eigenvalue weighted by Gasteiger charge is 2.24. The lowest BCUT2D eigenvalue weighted by Gasteiger charge is -2.35. The Hall–Kier alpha value is -3.82. The van der Waals surface area contributed by atoms with Crippen LogP contribution in [0.15, 0.2) is 72.8 Å². The van der Waals surface area contributed by atoms with E-state index in [9.17, 15) is 9.90 Å². The van der Waals surface area contributed by atoms with Gasteiger partial charge < -0.3 is 20.1 Å². The first kappa shape index (κ1) is 24.3. The van der Waals surface area contributed by atoms with Gasteiger partial charge in [-0.2, -0.15) is 5.26 Å². The normalized spacial score (nSPS) is 14.8. The molecule has 35 heavy (non-hydrogen) atoms. The minimum atomic E-state index is -0.847. The van der Waals surface area contributed by atoms with Gasteiger partial charge in [-0.05, 0) is 66.3 Å². The van der Waals surface area contributed by atoms with Gasteiger partial charge in [0.25, 0.3) is 0 Å². The van der Waals surface area contributed by atoms with Crippen molar-refractivity contribution >= 4 is 23.0 Å². The predicted molar refractivity (Wildman–Crippen MR) is 138 cm³/mol. The summed E-state index contributed by atoms with van der Waals surface area (Å²) >= 11 is 0. The average molecular weight is 470 g/mol. The van der Waals surface area contributed by atoms with Crippen LogP contribution in [-0.4, -0.2) is 37.9 Å². The molecule has 1 aliphatic rings. The van der Waals surface area contributed by atoms with Crippen LogP contribution >= 0.6 is 0 Å². The first-order valence-electron chi connectivity index (χ1n) is 12.0. The van der Waals surface area contributed by atoms with Crippen LogP contribution < -0.4 is 10.2 Å². The topological polar surface area (TPSA) is 85.6 Å². The molecule has 0 amide bonds. The van der Waals surface area contributed by atoms with E-state index in [0.717, 1.165) is 48.6 Å². The molecule has 0 aliphatic carbocycles. The molecule has 1 atom stereocenters. The molecule has 1 aliphatic heterocycles. The third-order valence-corrected chi connectivity index (χ3v) is 6.68. The molecule has 1 fully saturated rings. The highest BCUT2D eigenvalue weighted by Crippen LogP contribution is 2.37. The Balaban J connectivity index is 1.61. The molecule has 3 aromatic carbocycles. The Morgan fingerprint density at radius 2 is 1.83 bits per heavy atom. The summed E-state index contributed by atoms with van der Waals surface area (Å²) in [5.41, 5.74) is 5.83. The number of anilines is 3. The largest absolute Gasteiger partial charge is 0.481 e. The van der Waals surface area contributed by atoms with Crippen LogP contribution in [0.25, 0.3) is 0 Å². The van der Waals surface area contributed by atoms with Crippen LogP contribution in [0.1, 0.15) is 47.8 Å². The fourth-order valence-corrected chi connectivity index (χ4v) is 4.83. The zero-order valence-electron chi connectivity index (χ0n) is 20.0. The van der Waals surface area contributed by atoms with Gasteiger partial charge >= 0.3 is 5.97 Å². The lowest BCUT2D eigenvalue weighted by atomic mass is 9.89. The van der Waals surface area contributed by atoms with Crippen molar-refractivity contribution in [2.75, 3.05) is 37.0 Å². The quantitative estimate of drug-likeness (QED) is 0.406. The van der Waals surface area contributed by atoms with Crippen LogP contribution in [0.3, 0.4) is 0 Å². The maximum atomic E-state index is 11.5. The number of rotatable bonds is 9. The van der Waals surface area contributed by atoms with Gasteiger partial charge in [0.15, 0.2) is 0 Å². The molecule has 1 heterocycles. The van der Waals surface area contributed by atoms with Gasteiger partial charge in [-0.3, -0.25) is 4.79 Å². The summed E-state index contributed by atoms with van der Waals surface area (Å²) < 4.78 is 5.32. The fraction of sp³-hybridized carbons (Fsp3) is 0.310. The molecule has 0 bridgehead atoms. The molecule has 0 radical (unpaired) electrons. The van der Waals surface area contributed by atoms with Gasteiger partial charge in [-0.15, -0.1) is 0 Å². The minimum Gasteiger partial charge on any atom is -0.481 e. The minimum absolute atomic E-state index is 0.00592. The van der Waals surface area contributed by atoms with Gasteiger partial charge in [0.2, 0.25) is 0 Å². The second-order valence-corrected chi connectivity index (χ2v) is 9.01. The lowest BCUT2D eigenvalue weighted by Crippen LogP contribution is -2.33. The molecule has 0 saturated carbocycles. The Bertz CT molecular complexity index is 1160. The molecular weight excluding hydrogens is 438 g/mol. The number of carboxylic acids is 1. The third-order valence-electron chi connectivity index (χ3n) is 6.68. The number of hydrogen-bond acceptors (Lipinski definition) is 5. The van der Waals surface area contributed by atoms with E-state index in [2.05, 4.69) is 52.7 Å². The number of ether oxygens (including phenoxy) is 1. The second-order valence-electron chi connectivity index (χ2n) is 9.01.